The molecule has 0 amide bonds. The summed E-state index contributed by atoms with van der Waals surface area (Å²) < 4.78 is 13.3. The van der Waals surface area contributed by atoms with E-state index in [1.807, 2.05) is 12.1 Å². The highest BCUT2D eigenvalue weighted by Gasteiger charge is 2.20. The zero-order chi connectivity index (χ0) is 13.8. The van der Waals surface area contributed by atoms with Gasteiger partial charge in [0.1, 0.15) is 5.82 Å². The van der Waals surface area contributed by atoms with Gasteiger partial charge in [-0.1, -0.05) is 42.5 Å². The molecule has 0 aromatic heterocycles. The second-order valence-electron chi connectivity index (χ2n) is 5.28. The van der Waals surface area contributed by atoms with Crippen molar-refractivity contribution >= 4 is 0 Å². The zero-order valence-corrected chi connectivity index (χ0v) is 11.4. The number of halogens is 1. The summed E-state index contributed by atoms with van der Waals surface area (Å²) in [6.07, 6.45) is 0. The van der Waals surface area contributed by atoms with E-state index in [2.05, 4.69) is 34.5 Å². The highest BCUT2D eigenvalue weighted by Crippen LogP contribution is 2.19. The predicted molar refractivity (Wildman–Crippen MR) is 78.9 cm³/mol. The monoisotopic (exact) mass is 270 g/mol. The van der Waals surface area contributed by atoms with E-state index in [1.165, 1.54) is 11.6 Å². The second kappa shape index (κ2) is 6.16. The van der Waals surface area contributed by atoms with Crippen molar-refractivity contribution in [1.29, 1.82) is 0 Å². The molecule has 1 N–H and O–H groups in total. The quantitative estimate of drug-likeness (QED) is 0.922. The van der Waals surface area contributed by atoms with Crippen molar-refractivity contribution in [2.75, 3.05) is 19.6 Å². The summed E-state index contributed by atoms with van der Waals surface area (Å²) in [4.78, 5) is 2.42. The van der Waals surface area contributed by atoms with E-state index >= 15 is 0 Å². The number of rotatable bonds is 3. The van der Waals surface area contributed by atoms with Crippen LogP contribution in [0.5, 0.6) is 0 Å². The molecule has 1 atom stereocenters. The molecule has 20 heavy (non-hydrogen) atoms. The molecule has 0 saturated carbocycles. The number of benzene rings is 2. The number of hydrogen-bond acceptors (Lipinski definition) is 2. The SMILES string of the molecule is Fc1cccc(C2CN(Cc3ccccc3)CCN2)c1. The van der Waals surface area contributed by atoms with Crippen molar-refractivity contribution in [3.8, 4) is 0 Å². The van der Waals surface area contributed by atoms with Crippen LogP contribution in [0.25, 0.3) is 0 Å². The van der Waals surface area contributed by atoms with Crippen LogP contribution in [0.15, 0.2) is 54.6 Å². The fraction of sp³-hybridized carbons (Fsp3) is 0.294. The first-order valence-corrected chi connectivity index (χ1v) is 7.06. The fourth-order valence-corrected chi connectivity index (χ4v) is 2.74. The lowest BCUT2D eigenvalue weighted by atomic mass is 10.0. The van der Waals surface area contributed by atoms with Crippen molar-refractivity contribution in [2.24, 2.45) is 0 Å². The van der Waals surface area contributed by atoms with Crippen molar-refractivity contribution < 1.29 is 4.39 Å². The fourth-order valence-electron chi connectivity index (χ4n) is 2.74. The van der Waals surface area contributed by atoms with Crippen molar-refractivity contribution in [1.82, 2.24) is 10.2 Å². The van der Waals surface area contributed by atoms with Gasteiger partial charge in [0.15, 0.2) is 0 Å². The summed E-state index contributed by atoms with van der Waals surface area (Å²) in [6, 6.07) is 17.6. The molecule has 1 aliphatic heterocycles. The van der Waals surface area contributed by atoms with E-state index in [9.17, 15) is 4.39 Å². The largest absolute Gasteiger partial charge is 0.308 e. The van der Waals surface area contributed by atoms with Gasteiger partial charge in [-0.3, -0.25) is 4.90 Å². The summed E-state index contributed by atoms with van der Waals surface area (Å²) in [7, 11) is 0. The summed E-state index contributed by atoms with van der Waals surface area (Å²) in [6.45, 7) is 3.83. The smallest absolute Gasteiger partial charge is 0.123 e. The predicted octanol–water partition coefficient (Wildman–Crippen LogP) is 2.97. The van der Waals surface area contributed by atoms with Crippen LogP contribution in [0.3, 0.4) is 0 Å². The van der Waals surface area contributed by atoms with E-state index in [1.54, 1.807) is 12.1 Å². The highest BCUT2D eigenvalue weighted by molar-refractivity contribution is 5.21. The summed E-state index contributed by atoms with van der Waals surface area (Å²) >= 11 is 0. The Labute approximate surface area is 119 Å². The average Bonchev–Trinajstić information content (AvgIpc) is 2.49. The minimum absolute atomic E-state index is 0.163. The standard InChI is InChI=1S/C17H19FN2/c18-16-8-4-7-15(11-16)17-13-20(10-9-19-17)12-14-5-2-1-3-6-14/h1-8,11,17,19H,9-10,12-13H2. The normalized spacial score (nSPS) is 19.9. The molecule has 1 fully saturated rings. The molecule has 3 rings (SSSR count). The van der Waals surface area contributed by atoms with Crippen LogP contribution in [-0.2, 0) is 6.54 Å². The Bertz CT molecular complexity index is 556. The minimum Gasteiger partial charge on any atom is -0.308 e. The van der Waals surface area contributed by atoms with E-state index in [0.29, 0.717) is 0 Å². The van der Waals surface area contributed by atoms with Crippen molar-refractivity contribution in [2.45, 2.75) is 12.6 Å². The van der Waals surface area contributed by atoms with E-state index < -0.39 is 0 Å². The van der Waals surface area contributed by atoms with Gasteiger partial charge >= 0.3 is 0 Å². The van der Waals surface area contributed by atoms with Crippen LogP contribution >= 0.6 is 0 Å². The Morgan fingerprint density at radius 3 is 2.75 bits per heavy atom. The molecule has 1 saturated heterocycles. The van der Waals surface area contributed by atoms with Gasteiger partial charge in [-0.15, -0.1) is 0 Å². The summed E-state index contributed by atoms with van der Waals surface area (Å²) in [5, 5.41) is 3.47. The lowest BCUT2D eigenvalue weighted by Crippen LogP contribution is -2.45. The molecule has 104 valence electrons. The van der Waals surface area contributed by atoms with Gasteiger partial charge in [0.2, 0.25) is 0 Å². The molecule has 2 aromatic carbocycles. The van der Waals surface area contributed by atoms with Crippen LogP contribution in [0.1, 0.15) is 17.2 Å². The maximum Gasteiger partial charge on any atom is 0.123 e. The summed E-state index contributed by atoms with van der Waals surface area (Å²) in [5.41, 5.74) is 2.36. The van der Waals surface area contributed by atoms with E-state index in [0.717, 1.165) is 31.7 Å². The van der Waals surface area contributed by atoms with Gasteiger partial charge < -0.3 is 5.32 Å². The van der Waals surface area contributed by atoms with Gasteiger partial charge in [-0.25, -0.2) is 4.39 Å². The van der Waals surface area contributed by atoms with Crippen molar-refractivity contribution in [3.63, 3.8) is 0 Å². The van der Waals surface area contributed by atoms with Crippen LogP contribution in [-0.4, -0.2) is 24.5 Å². The van der Waals surface area contributed by atoms with Gasteiger partial charge in [0.05, 0.1) is 0 Å². The summed E-state index contributed by atoms with van der Waals surface area (Å²) in [5.74, 6) is -0.163. The van der Waals surface area contributed by atoms with Gasteiger partial charge in [-0.05, 0) is 23.3 Å². The molecular formula is C17H19FN2. The number of nitrogens with one attached hydrogen (secondary N) is 1. The Hall–Kier alpha value is -1.71. The maximum absolute atomic E-state index is 13.3. The average molecular weight is 270 g/mol. The highest BCUT2D eigenvalue weighted by atomic mass is 19.1. The van der Waals surface area contributed by atoms with Crippen molar-refractivity contribution in [3.05, 3.63) is 71.5 Å². The minimum atomic E-state index is -0.163. The third-order valence-electron chi connectivity index (χ3n) is 3.76. The molecule has 2 nitrogen and oxygen atoms in total. The first kappa shape index (κ1) is 13.3. The molecule has 0 aliphatic carbocycles. The topological polar surface area (TPSA) is 15.3 Å². The van der Waals surface area contributed by atoms with E-state index in [-0.39, 0.29) is 11.9 Å². The first-order chi connectivity index (χ1) is 9.81. The zero-order valence-electron chi connectivity index (χ0n) is 11.4. The molecule has 2 aromatic rings. The van der Waals surface area contributed by atoms with Crippen LogP contribution in [0.4, 0.5) is 4.39 Å². The molecule has 0 radical (unpaired) electrons. The molecule has 1 aliphatic rings. The number of hydrogen-bond donors (Lipinski definition) is 1. The molecule has 3 heteroatoms. The molecule has 0 spiro atoms. The van der Waals surface area contributed by atoms with Gasteiger partial charge in [0.25, 0.3) is 0 Å². The Balaban J connectivity index is 1.67. The Morgan fingerprint density at radius 1 is 1.10 bits per heavy atom. The molecule has 1 unspecified atom stereocenters. The molecular weight excluding hydrogens is 251 g/mol. The third kappa shape index (κ3) is 3.24. The van der Waals surface area contributed by atoms with Crippen LogP contribution in [0, 0.1) is 5.82 Å². The van der Waals surface area contributed by atoms with Gasteiger partial charge in [0, 0.05) is 32.2 Å². The van der Waals surface area contributed by atoms with Crippen LogP contribution < -0.4 is 5.32 Å². The Kier molecular flexibility index (Phi) is 4.09. The maximum atomic E-state index is 13.3. The number of piperazine rings is 1. The Morgan fingerprint density at radius 2 is 1.95 bits per heavy atom. The first-order valence-electron chi connectivity index (χ1n) is 7.06. The molecule has 1 heterocycles. The second-order valence-corrected chi connectivity index (χ2v) is 5.28. The van der Waals surface area contributed by atoms with Crippen LogP contribution in [0.2, 0.25) is 0 Å². The lowest BCUT2D eigenvalue weighted by Gasteiger charge is -2.34. The van der Waals surface area contributed by atoms with E-state index in [4.69, 9.17) is 0 Å². The van der Waals surface area contributed by atoms with Gasteiger partial charge in [-0.2, -0.15) is 0 Å². The molecule has 0 bridgehead atoms. The number of nitrogens with zero attached hydrogens (tertiary/aromatic N) is 1. The lowest BCUT2D eigenvalue weighted by molar-refractivity contribution is 0.193. The third-order valence-corrected chi connectivity index (χ3v) is 3.76.